The van der Waals surface area contributed by atoms with Crippen LogP contribution in [0.25, 0.3) is 0 Å². The van der Waals surface area contributed by atoms with E-state index in [-0.39, 0.29) is 0 Å². The Kier molecular flexibility index (Phi) is 5.61. The Morgan fingerprint density at radius 3 is 2.35 bits per heavy atom. The summed E-state index contributed by atoms with van der Waals surface area (Å²) in [6.07, 6.45) is 0. The van der Waals surface area contributed by atoms with Gasteiger partial charge >= 0.3 is 0 Å². The van der Waals surface area contributed by atoms with E-state index in [0.717, 1.165) is 48.2 Å². The molecule has 0 saturated carbocycles. The van der Waals surface area contributed by atoms with Crippen molar-refractivity contribution in [2.45, 2.75) is 20.8 Å². The maximum atomic E-state index is 5.63. The average Bonchev–Trinajstić information content (AvgIpc) is 2.65. The van der Waals surface area contributed by atoms with Gasteiger partial charge < -0.3 is 19.9 Å². The maximum Gasteiger partial charge on any atom is 0.237 e. The second kappa shape index (κ2) is 7.91. The van der Waals surface area contributed by atoms with Crippen LogP contribution in [0.1, 0.15) is 16.8 Å². The summed E-state index contributed by atoms with van der Waals surface area (Å²) in [4.78, 5) is 9.08. The molecule has 5 nitrogen and oxygen atoms in total. The zero-order valence-electron chi connectivity index (χ0n) is 15.9. The molecule has 138 valence electrons. The van der Waals surface area contributed by atoms with Crippen molar-refractivity contribution in [2.75, 3.05) is 43.5 Å². The second-order valence-electron chi connectivity index (χ2n) is 6.69. The molecule has 1 fully saturated rings. The third-order valence-corrected chi connectivity index (χ3v) is 5.19. The lowest BCUT2D eigenvalue weighted by Crippen LogP contribution is -2.50. The van der Waals surface area contributed by atoms with Crippen LogP contribution in [-0.4, -0.2) is 48.3 Å². The van der Waals surface area contributed by atoms with Gasteiger partial charge in [0.1, 0.15) is 5.69 Å². The Labute approximate surface area is 161 Å². The number of nitrogens with one attached hydrogen (secondary N) is 1. The summed E-state index contributed by atoms with van der Waals surface area (Å²) >= 11 is 5.63. The molecule has 1 aliphatic heterocycles. The third kappa shape index (κ3) is 4.07. The molecule has 1 saturated heterocycles. The summed E-state index contributed by atoms with van der Waals surface area (Å²) in [6.45, 7) is 9.81. The van der Waals surface area contributed by atoms with Crippen molar-refractivity contribution in [3.8, 4) is 5.88 Å². The van der Waals surface area contributed by atoms with Gasteiger partial charge in [0, 0.05) is 37.6 Å². The summed E-state index contributed by atoms with van der Waals surface area (Å²) in [5, 5.41) is 4.03. The van der Waals surface area contributed by atoms with Crippen molar-refractivity contribution in [1.82, 2.24) is 9.88 Å². The highest BCUT2D eigenvalue weighted by molar-refractivity contribution is 7.80. The van der Waals surface area contributed by atoms with E-state index < -0.39 is 0 Å². The topological polar surface area (TPSA) is 40.6 Å². The molecule has 1 N–H and O–H groups in total. The molecular formula is C20H26N4OS. The normalized spacial score (nSPS) is 14.3. The smallest absolute Gasteiger partial charge is 0.237 e. The Morgan fingerprint density at radius 2 is 1.73 bits per heavy atom. The lowest BCUT2D eigenvalue weighted by atomic mass is 10.2. The van der Waals surface area contributed by atoms with Gasteiger partial charge in [-0.2, -0.15) is 0 Å². The Bertz CT molecular complexity index is 783. The molecule has 6 heteroatoms. The number of aromatic nitrogens is 1. The highest BCUT2D eigenvalue weighted by Crippen LogP contribution is 2.25. The SMILES string of the molecule is COc1nc(C)c(C)cc1NC(=S)N1CCN(c2ccc(C)cc2)CC1. The fraction of sp³-hybridized carbons (Fsp3) is 0.400. The first-order valence-electron chi connectivity index (χ1n) is 8.87. The van der Waals surface area contributed by atoms with E-state index in [0.29, 0.717) is 5.88 Å². The molecule has 0 spiro atoms. The number of ether oxygens (including phenoxy) is 1. The first-order chi connectivity index (χ1) is 12.5. The van der Waals surface area contributed by atoms with Gasteiger partial charge in [0.2, 0.25) is 5.88 Å². The number of methoxy groups -OCH3 is 1. The van der Waals surface area contributed by atoms with E-state index in [9.17, 15) is 0 Å². The standard InChI is InChI=1S/C20H26N4OS/c1-14-5-7-17(8-6-14)23-9-11-24(12-10-23)20(26)22-18-13-15(2)16(3)21-19(18)25-4/h5-8,13H,9-12H2,1-4H3,(H,22,26). The molecule has 1 aromatic heterocycles. The number of benzene rings is 1. The molecule has 26 heavy (non-hydrogen) atoms. The lowest BCUT2D eigenvalue weighted by Gasteiger charge is -2.37. The molecule has 0 unspecified atom stereocenters. The molecular weight excluding hydrogens is 344 g/mol. The van der Waals surface area contributed by atoms with Crippen LogP contribution < -0.4 is 15.0 Å². The van der Waals surface area contributed by atoms with Crippen molar-refractivity contribution >= 4 is 28.7 Å². The number of aryl methyl sites for hydroxylation is 3. The molecule has 0 atom stereocenters. The summed E-state index contributed by atoms with van der Waals surface area (Å²) in [6, 6.07) is 10.7. The number of nitrogens with zero attached hydrogens (tertiary/aromatic N) is 3. The zero-order chi connectivity index (χ0) is 18.7. The molecule has 2 heterocycles. The number of hydrogen-bond acceptors (Lipinski definition) is 4. The molecule has 1 aromatic carbocycles. The minimum atomic E-state index is 0.578. The minimum absolute atomic E-state index is 0.578. The second-order valence-corrected chi connectivity index (χ2v) is 7.07. The predicted molar refractivity (Wildman–Crippen MR) is 111 cm³/mol. The number of hydrogen-bond donors (Lipinski definition) is 1. The van der Waals surface area contributed by atoms with Gasteiger partial charge in [-0.3, -0.25) is 0 Å². The third-order valence-electron chi connectivity index (χ3n) is 4.83. The maximum absolute atomic E-state index is 5.63. The van der Waals surface area contributed by atoms with Crippen LogP contribution >= 0.6 is 12.2 Å². The Balaban J connectivity index is 1.62. The van der Waals surface area contributed by atoms with E-state index >= 15 is 0 Å². The number of rotatable bonds is 3. The van der Waals surface area contributed by atoms with Crippen LogP contribution in [0.3, 0.4) is 0 Å². The van der Waals surface area contributed by atoms with Crippen molar-refractivity contribution < 1.29 is 4.74 Å². The van der Waals surface area contributed by atoms with Crippen molar-refractivity contribution in [1.29, 1.82) is 0 Å². The van der Waals surface area contributed by atoms with E-state index in [1.165, 1.54) is 11.3 Å². The Hall–Kier alpha value is -2.34. The quantitative estimate of drug-likeness (QED) is 0.834. The van der Waals surface area contributed by atoms with E-state index in [4.69, 9.17) is 17.0 Å². The predicted octanol–water partition coefficient (Wildman–Crippen LogP) is 3.53. The van der Waals surface area contributed by atoms with Gasteiger partial charge in [-0.25, -0.2) is 4.98 Å². The largest absolute Gasteiger partial charge is 0.480 e. The molecule has 0 radical (unpaired) electrons. The van der Waals surface area contributed by atoms with Crippen LogP contribution in [0.5, 0.6) is 5.88 Å². The van der Waals surface area contributed by atoms with Gasteiger partial charge in [0.25, 0.3) is 0 Å². The van der Waals surface area contributed by atoms with Gasteiger partial charge in [0.05, 0.1) is 7.11 Å². The summed E-state index contributed by atoms with van der Waals surface area (Å²) < 4.78 is 5.39. The zero-order valence-corrected chi connectivity index (χ0v) is 16.7. The summed E-state index contributed by atoms with van der Waals surface area (Å²) in [7, 11) is 1.63. The molecule has 3 rings (SSSR count). The summed E-state index contributed by atoms with van der Waals surface area (Å²) in [5.41, 5.74) is 5.45. The van der Waals surface area contributed by atoms with E-state index in [1.807, 2.05) is 19.9 Å². The van der Waals surface area contributed by atoms with Crippen LogP contribution in [0.15, 0.2) is 30.3 Å². The van der Waals surface area contributed by atoms with Crippen molar-refractivity contribution in [2.24, 2.45) is 0 Å². The average molecular weight is 371 g/mol. The van der Waals surface area contributed by atoms with Gasteiger partial charge in [-0.05, 0) is 56.8 Å². The lowest BCUT2D eigenvalue weighted by molar-refractivity contribution is 0.388. The molecule has 1 aliphatic rings. The number of piperazine rings is 1. The molecule has 2 aromatic rings. The van der Waals surface area contributed by atoms with Crippen LogP contribution in [0.4, 0.5) is 11.4 Å². The van der Waals surface area contributed by atoms with Gasteiger partial charge in [-0.15, -0.1) is 0 Å². The number of pyridine rings is 1. The van der Waals surface area contributed by atoms with Crippen LogP contribution in [-0.2, 0) is 0 Å². The van der Waals surface area contributed by atoms with Crippen molar-refractivity contribution in [3.63, 3.8) is 0 Å². The summed E-state index contributed by atoms with van der Waals surface area (Å²) in [5.74, 6) is 0.578. The minimum Gasteiger partial charge on any atom is -0.480 e. The monoisotopic (exact) mass is 370 g/mol. The first kappa shape index (κ1) is 18.5. The van der Waals surface area contributed by atoms with E-state index in [1.54, 1.807) is 7.11 Å². The molecule has 0 aliphatic carbocycles. The van der Waals surface area contributed by atoms with Gasteiger partial charge in [-0.1, -0.05) is 17.7 Å². The fourth-order valence-electron chi connectivity index (χ4n) is 3.05. The van der Waals surface area contributed by atoms with Crippen LogP contribution in [0, 0.1) is 20.8 Å². The highest BCUT2D eigenvalue weighted by Gasteiger charge is 2.20. The fourth-order valence-corrected chi connectivity index (χ4v) is 3.34. The molecule has 0 bridgehead atoms. The van der Waals surface area contributed by atoms with Crippen LogP contribution in [0.2, 0.25) is 0 Å². The first-order valence-corrected chi connectivity index (χ1v) is 9.28. The van der Waals surface area contributed by atoms with E-state index in [2.05, 4.69) is 51.3 Å². The number of thiocarbonyl (C=S) groups is 1. The van der Waals surface area contributed by atoms with Crippen molar-refractivity contribution in [3.05, 3.63) is 47.2 Å². The molecule has 0 amide bonds. The van der Waals surface area contributed by atoms with Gasteiger partial charge in [0.15, 0.2) is 5.11 Å². The Morgan fingerprint density at radius 1 is 1.08 bits per heavy atom. The highest BCUT2D eigenvalue weighted by atomic mass is 32.1. The number of anilines is 2.